The second-order valence-electron chi connectivity index (χ2n) is 6.98. The molecule has 1 aromatic carbocycles. The van der Waals surface area contributed by atoms with Crippen molar-refractivity contribution in [1.29, 1.82) is 0 Å². The molecule has 138 valence electrons. The van der Waals surface area contributed by atoms with E-state index in [-0.39, 0.29) is 17.6 Å². The Balaban J connectivity index is 1.59. The van der Waals surface area contributed by atoms with E-state index in [9.17, 15) is 4.79 Å². The van der Waals surface area contributed by atoms with Crippen LogP contribution in [-0.4, -0.2) is 63.0 Å². The minimum Gasteiger partial charge on any atom is -0.495 e. The molecule has 25 heavy (non-hydrogen) atoms. The Morgan fingerprint density at radius 2 is 2.24 bits per heavy atom. The van der Waals surface area contributed by atoms with E-state index in [4.69, 9.17) is 14.2 Å². The lowest BCUT2D eigenvalue weighted by Crippen LogP contribution is -2.57. The van der Waals surface area contributed by atoms with E-state index in [1.165, 1.54) is 0 Å². The zero-order chi connectivity index (χ0) is 17.9. The molecule has 2 heterocycles. The molecule has 1 spiro atoms. The molecule has 1 aromatic rings. The van der Waals surface area contributed by atoms with Crippen LogP contribution in [0.2, 0.25) is 0 Å². The lowest BCUT2D eigenvalue weighted by atomic mass is 9.86. The number of amides is 1. The van der Waals surface area contributed by atoms with E-state index in [1.54, 1.807) is 14.2 Å². The fourth-order valence-electron chi connectivity index (χ4n) is 3.92. The Morgan fingerprint density at radius 3 is 2.92 bits per heavy atom. The lowest BCUT2D eigenvalue weighted by molar-refractivity contribution is -0.145. The van der Waals surface area contributed by atoms with Crippen molar-refractivity contribution in [2.75, 3.05) is 45.8 Å². The van der Waals surface area contributed by atoms with Crippen LogP contribution in [0.3, 0.4) is 0 Å². The van der Waals surface area contributed by atoms with Gasteiger partial charge in [-0.2, -0.15) is 0 Å². The number of nitrogens with zero attached hydrogens (tertiary/aromatic N) is 1. The first kappa shape index (κ1) is 18.2. The van der Waals surface area contributed by atoms with E-state index in [0.717, 1.165) is 44.5 Å². The molecule has 0 aliphatic carbocycles. The first-order chi connectivity index (χ1) is 12.1. The minimum atomic E-state index is -0.151. The highest BCUT2D eigenvalue weighted by Gasteiger charge is 2.46. The summed E-state index contributed by atoms with van der Waals surface area (Å²) < 4.78 is 17.0. The number of rotatable bonds is 5. The third-order valence-electron chi connectivity index (χ3n) is 5.28. The first-order valence-electron chi connectivity index (χ1n) is 8.90. The topological polar surface area (TPSA) is 60.0 Å². The van der Waals surface area contributed by atoms with E-state index in [1.807, 2.05) is 25.1 Å². The highest BCUT2D eigenvalue weighted by atomic mass is 16.5. The Bertz CT molecular complexity index is 613. The van der Waals surface area contributed by atoms with Crippen LogP contribution in [0, 0.1) is 6.92 Å². The Labute approximate surface area is 149 Å². The van der Waals surface area contributed by atoms with Gasteiger partial charge in [0.25, 0.3) is 0 Å². The van der Waals surface area contributed by atoms with Crippen molar-refractivity contribution < 1.29 is 19.0 Å². The fourth-order valence-corrected chi connectivity index (χ4v) is 3.92. The average molecular weight is 348 g/mol. The van der Waals surface area contributed by atoms with Gasteiger partial charge in [-0.3, -0.25) is 9.69 Å². The van der Waals surface area contributed by atoms with Gasteiger partial charge in [0.05, 0.1) is 31.0 Å². The summed E-state index contributed by atoms with van der Waals surface area (Å²) in [6, 6.07) is 5.75. The van der Waals surface area contributed by atoms with Gasteiger partial charge in [-0.1, -0.05) is 6.07 Å². The molecule has 6 heteroatoms. The second kappa shape index (κ2) is 7.72. The number of methoxy groups -OCH3 is 2. The van der Waals surface area contributed by atoms with Crippen molar-refractivity contribution in [3.63, 3.8) is 0 Å². The number of benzene rings is 1. The number of aryl methyl sites for hydroxylation is 1. The molecule has 1 amide bonds. The Hall–Kier alpha value is -1.63. The second-order valence-corrected chi connectivity index (χ2v) is 6.98. The van der Waals surface area contributed by atoms with Gasteiger partial charge in [0.15, 0.2) is 0 Å². The molecule has 2 saturated heterocycles. The van der Waals surface area contributed by atoms with Crippen LogP contribution < -0.4 is 10.1 Å². The molecule has 0 unspecified atom stereocenters. The van der Waals surface area contributed by atoms with Crippen LogP contribution in [0.4, 0.5) is 5.69 Å². The highest BCUT2D eigenvalue weighted by molar-refractivity contribution is 5.93. The van der Waals surface area contributed by atoms with E-state index in [2.05, 4.69) is 10.2 Å². The van der Waals surface area contributed by atoms with Crippen LogP contribution in [0.1, 0.15) is 24.8 Å². The van der Waals surface area contributed by atoms with Crippen molar-refractivity contribution in [3.05, 3.63) is 23.8 Å². The molecule has 2 fully saturated rings. The molecule has 2 aliphatic rings. The average Bonchev–Trinajstić information content (AvgIpc) is 3.06. The minimum absolute atomic E-state index is 0.0186. The molecule has 1 N–H and O–H groups in total. The molecule has 0 bridgehead atoms. The Kier molecular flexibility index (Phi) is 5.61. The van der Waals surface area contributed by atoms with Crippen molar-refractivity contribution in [2.45, 2.75) is 37.9 Å². The summed E-state index contributed by atoms with van der Waals surface area (Å²) in [5.41, 5.74) is 1.64. The van der Waals surface area contributed by atoms with Gasteiger partial charge < -0.3 is 19.5 Å². The van der Waals surface area contributed by atoms with Crippen molar-refractivity contribution >= 4 is 11.6 Å². The van der Waals surface area contributed by atoms with Crippen LogP contribution in [0.15, 0.2) is 18.2 Å². The number of likely N-dealkylation sites (tertiary alicyclic amines) is 1. The zero-order valence-corrected chi connectivity index (χ0v) is 15.3. The van der Waals surface area contributed by atoms with Crippen molar-refractivity contribution in [3.8, 4) is 5.75 Å². The van der Waals surface area contributed by atoms with Gasteiger partial charge in [-0.15, -0.1) is 0 Å². The van der Waals surface area contributed by atoms with Gasteiger partial charge >= 0.3 is 0 Å². The smallest absolute Gasteiger partial charge is 0.238 e. The summed E-state index contributed by atoms with van der Waals surface area (Å²) in [4.78, 5) is 14.6. The molecule has 2 atom stereocenters. The predicted molar refractivity (Wildman–Crippen MR) is 96.1 cm³/mol. The number of nitrogens with one attached hydrogen (secondary N) is 1. The number of hydrogen-bond acceptors (Lipinski definition) is 5. The number of carbonyl (C=O) groups is 1. The molecule has 0 radical (unpaired) electrons. The number of carbonyl (C=O) groups excluding carboxylic acids is 1. The normalized spacial score (nSPS) is 26.8. The van der Waals surface area contributed by atoms with E-state index in [0.29, 0.717) is 18.0 Å². The summed E-state index contributed by atoms with van der Waals surface area (Å²) in [6.07, 6.45) is 3.07. The fraction of sp³-hybridized carbons (Fsp3) is 0.632. The third kappa shape index (κ3) is 3.97. The van der Waals surface area contributed by atoms with Crippen LogP contribution >= 0.6 is 0 Å². The molecular weight excluding hydrogens is 320 g/mol. The largest absolute Gasteiger partial charge is 0.495 e. The first-order valence-corrected chi connectivity index (χ1v) is 8.90. The van der Waals surface area contributed by atoms with Crippen LogP contribution in [0.5, 0.6) is 5.75 Å². The van der Waals surface area contributed by atoms with Gasteiger partial charge in [-0.05, 0) is 43.9 Å². The molecule has 2 aliphatic heterocycles. The van der Waals surface area contributed by atoms with Crippen molar-refractivity contribution in [1.82, 2.24) is 4.90 Å². The van der Waals surface area contributed by atoms with Gasteiger partial charge in [-0.25, -0.2) is 0 Å². The quantitative estimate of drug-likeness (QED) is 0.884. The maximum absolute atomic E-state index is 12.5. The molecular formula is C19H28N2O4. The zero-order valence-electron chi connectivity index (χ0n) is 15.3. The number of hydrogen-bond donors (Lipinski definition) is 1. The molecule has 3 rings (SSSR count). The van der Waals surface area contributed by atoms with Gasteiger partial charge in [0.1, 0.15) is 5.75 Å². The Morgan fingerprint density at radius 1 is 1.40 bits per heavy atom. The standard InChI is InChI=1S/C19H28N2O4/c1-14-5-6-16(23-2)15(11-14)20-18(22)13-21-9-8-19(7-4-10-25-19)17(12-21)24-3/h5-6,11,17H,4,7-10,12-13H2,1-3H3,(H,20,22)/t17-,19-/m0/s1. The maximum atomic E-state index is 12.5. The molecule has 0 saturated carbocycles. The van der Waals surface area contributed by atoms with E-state index < -0.39 is 0 Å². The molecule has 6 nitrogen and oxygen atoms in total. The number of ether oxygens (including phenoxy) is 3. The molecule has 0 aromatic heterocycles. The highest BCUT2D eigenvalue weighted by Crippen LogP contribution is 2.37. The van der Waals surface area contributed by atoms with Crippen molar-refractivity contribution in [2.24, 2.45) is 0 Å². The van der Waals surface area contributed by atoms with Crippen LogP contribution in [0.25, 0.3) is 0 Å². The number of piperidine rings is 1. The monoisotopic (exact) mass is 348 g/mol. The summed E-state index contributed by atoms with van der Waals surface area (Å²) >= 11 is 0. The summed E-state index contributed by atoms with van der Waals surface area (Å²) in [7, 11) is 3.34. The summed E-state index contributed by atoms with van der Waals surface area (Å²) in [5, 5.41) is 2.97. The third-order valence-corrected chi connectivity index (χ3v) is 5.28. The van der Waals surface area contributed by atoms with Gasteiger partial charge in [0.2, 0.25) is 5.91 Å². The summed E-state index contributed by atoms with van der Waals surface area (Å²) in [6.45, 7) is 4.71. The van der Waals surface area contributed by atoms with Gasteiger partial charge in [0, 0.05) is 26.8 Å². The SMILES string of the molecule is COc1ccc(C)cc1NC(=O)CN1CC[C@@]2(CCCO2)[C@@H](OC)C1. The predicted octanol–water partition coefficient (Wildman–Crippen LogP) is 2.21. The van der Waals surface area contributed by atoms with E-state index >= 15 is 0 Å². The maximum Gasteiger partial charge on any atom is 0.238 e. The lowest BCUT2D eigenvalue weighted by Gasteiger charge is -2.44. The number of anilines is 1. The summed E-state index contributed by atoms with van der Waals surface area (Å²) in [5.74, 6) is 0.632. The van der Waals surface area contributed by atoms with Crippen LogP contribution in [-0.2, 0) is 14.3 Å².